The van der Waals surface area contributed by atoms with Crippen molar-refractivity contribution >= 4 is 5.91 Å². The van der Waals surface area contributed by atoms with Gasteiger partial charge in [-0.2, -0.15) is 0 Å². The quantitative estimate of drug-likeness (QED) is 0.577. The van der Waals surface area contributed by atoms with Gasteiger partial charge in [0.15, 0.2) is 0 Å². The highest BCUT2D eigenvalue weighted by atomic mass is 16.5. The van der Waals surface area contributed by atoms with Gasteiger partial charge < -0.3 is 15.4 Å². The first-order valence-corrected chi connectivity index (χ1v) is 5.21. The van der Waals surface area contributed by atoms with Crippen molar-refractivity contribution in [3.8, 4) is 0 Å². The van der Waals surface area contributed by atoms with E-state index in [1.54, 1.807) is 0 Å². The first kappa shape index (κ1) is 9.93. The average Bonchev–Trinajstić information content (AvgIpc) is 2.09. The molecule has 2 heterocycles. The van der Waals surface area contributed by atoms with Gasteiger partial charge in [-0.25, -0.2) is 0 Å². The fourth-order valence-electron chi connectivity index (χ4n) is 2.44. The maximum Gasteiger partial charge on any atom is 0.240 e. The molecular formula is C10H18N2O2. The average molecular weight is 198 g/mol. The minimum atomic E-state index is -0.375. The van der Waals surface area contributed by atoms with Crippen LogP contribution in [0.1, 0.15) is 26.7 Å². The lowest BCUT2D eigenvalue weighted by Crippen LogP contribution is -2.67. The van der Waals surface area contributed by atoms with Crippen molar-refractivity contribution in [3.05, 3.63) is 0 Å². The van der Waals surface area contributed by atoms with Crippen LogP contribution in [0.5, 0.6) is 0 Å². The summed E-state index contributed by atoms with van der Waals surface area (Å²) in [6.45, 7) is 6.34. The maximum atomic E-state index is 11.8. The van der Waals surface area contributed by atoms with E-state index in [1.165, 1.54) is 0 Å². The number of carbonyl (C=O) groups is 1. The molecule has 14 heavy (non-hydrogen) atoms. The molecule has 0 radical (unpaired) electrons. The predicted molar refractivity (Wildman–Crippen MR) is 53.0 cm³/mol. The molecule has 0 aromatic rings. The van der Waals surface area contributed by atoms with Gasteiger partial charge in [-0.15, -0.1) is 0 Å². The first-order chi connectivity index (χ1) is 6.54. The van der Waals surface area contributed by atoms with E-state index in [1.807, 2.05) is 13.8 Å². The highest BCUT2D eigenvalue weighted by Crippen LogP contribution is 2.32. The van der Waals surface area contributed by atoms with Crippen LogP contribution >= 0.6 is 0 Å². The molecule has 1 spiro atoms. The molecule has 2 N–H and O–H groups in total. The zero-order valence-electron chi connectivity index (χ0n) is 8.85. The van der Waals surface area contributed by atoms with Crippen LogP contribution in [0.2, 0.25) is 0 Å². The molecule has 1 atom stereocenters. The number of amides is 1. The van der Waals surface area contributed by atoms with Gasteiger partial charge in [0.05, 0.1) is 5.60 Å². The number of carbonyl (C=O) groups excluding carboxylic acids is 1. The van der Waals surface area contributed by atoms with E-state index in [-0.39, 0.29) is 17.0 Å². The molecule has 2 aliphatic heterocycles. The lowest BCUT2D eigenvalue weighted by atomic mass is 9.79. The Morgan fingerprint density at radius 1 is 1.36 bits per heavy atom. The third-order valence-corrected chi connectivity index (χ3v) is 3.06. The second kappa shape index (κ2) is 3.21. The van der Waals surface area contributed by atoms with Gasteiger partial charge in [0, 0.05) is 26.1 Å². The van der Waals surface area contributed by atoms with Gasteiger partial charge in [0.25, 0.3) is 0 Å². The van der Waals surface area contributed by atoms with E-state index in [2.05, 4.69) is 10.6 Å². The van der Waals surface area contributed by atoms with E-state index >= 15 is 0 Å². The Kier molecular flexibility index (Phi) is 2.27. The van der Waals surface area contributed by atoms with Crippen LogP contribution in [0.3, 0.4) is 0 Å². The predicted octanol–water partition coefficient (Wildman–Crippen LogP) is 0.0336. The summed E-state index contributed by atoms with van der Waals surface area (Å²) in [7, 11) is 0. The molecule has 1 unspecified atom stereocenters. The van der Waals surface area contributed by atoms with Crippen molar-refractivity contribution in [2.24, 2.45) is 0 Å². The Hall–Kier alpha value is -0.610. The summed E-state index contributed by atoms with van der Waals surface area (Å²) in [5, 5.41) is 6.27. The number of ether oxygens (including phenoxy) is 1. The molecule has 0 aromatic heterocycles. The zero-order chi connectivity index (χ0) is 10.2. The lowest BCUT2D eigenvalue weighted by Gasteiger charge is -2.46. The SMILES string of the molecule is CC1(C)CC2(CCO1)NCCNC2=O. The molecule has 2 saturated heterocycles. The van der Waals surface area contributed by atoms with Crippen molar-refractivity contribution < 1.29 is 9.53 Å². The van der Waals surface area contributed by atoms with Crippen LogP contribution in [-0.2, 0) is 9.53 Å². The molecule has 2 aliphatic rings. The van der Waals surface area contributed by atoms with Gasteiger partial charge >= 0.3 is 0 Å². The Labute approximate surface area is 84.4 Å². The molecule has 0 aromatic carbocycles. The Morgan fingerprint density at radius 3 is 2.79 bits per heavy atom. The van der Waals surface area contributed by atoms with Crippen molar-refractivity contribution in [2.75, 3.05) is 19.7 Å². The zero-order valence-corrected chi connectivity index (χ0v) is 8.85. The van der Waals surface area contributed by atoms with Gasteiger partial charge in [-0.1, -0.05) is 0 Å². The van der Waals surface area contributed by atoms with Crippen LogP contribution in [0.4, 0.5) is 0 Å². The molecule has 4 heteroatoms. The van der Waals surface area contributed by atoms with E-state index in [4.69, 9.17) is 4.74 Å². The van der Waals surface area contributed by atoms with Gasteiger partial charge in [0.1, 0.15) is 5.54 Å². The van der Waals surface area contributed by atoms with Crippen LogP contribution in [0.25, 0.3) is 0 Å². The van der Waals surface area contributed by atoms with Crippen molar-refractivity contribution in [1.29, 1.82) is 0 Å². The molecule has 80 valence electrons. The molecule has 2 fully saturated rings. The van der Waals surface area contributed by atoms with Crippen LogP contribution < -0.4 is 10.6 Å². The third-order valence-electron chi connectivity index (χ3n) is 3.06. The monoisotopic (exact) mass is 198 g/mol. The van der Waals surface area contributed by atoms with E-state index < -0.39 is 0 Å². The topological polar surface area (TPSA) is 50.4 Å². The highest BCUT2D eigenvalue weighted by molar-refractivity contribution is 5.87. The minimum absolute atomic E-state index is 0.139. The summed E-state index contributed by atoms with van der Waals surface area (Å²) in [5.41, 5.74) is -0.570. The molecule has 0 bridgehead atoms. The standard InChI is InChI=1S/C10H18N2O2/c1-9(2)7-10(3-6-14-9)8(13)11-4-5-12-10/h12H,3-7H2,1-2H3,(H,11,13). The summed E-state index contributed by atoms with van der Waals surface area (Å²) in [6.07, 6.45) is 1.54. The summed E-state index contributed by atoms with van der Waals surface area (Å²) in [5.74, 6) is 0.139. The molecule has 0 saturated carbocycles. The largest absolute Gasteiger partial charge is 0.375 e. The fourth-order valence-corrected chi connectivity index (χ4v) is 2.44. The highest BCUT2D eigenvalue weighted by Gasteiger charge is 2.47. The summed E-state index contributed by atoms with van der Waals surface area (Å²) >= 11 is 0. The fraction of sp³-hybridized carbons (Fsp3) is 0.900. The van der Waals surface area contributed by atoms with Gasteiger partial charge in [-0.05, 0) is 20.3 Å². The van der Waals surface area contributed by atoms with E-state index in [0.717, 1.165) is 25.9 Å². The molecule has 1 amide bonds. The van der Waals surface area contributed by atoms with Gasteiger partial charge in [-0.3, -0.25) is 4.79 Å². The Bertz CT molecular complexity index is 249. The van der Waals surface area contributed by atoms with E-state index in [0.29, 0.717) is 6.61 Å². The van der Waals surface area contributed by atoms with Crippen LogP contribution in [0.15, 0.2) is 0 Å². The molecular weight excluding hydrogens is 180 g/mol. The van der Waals surface area contributed by atoms with E-state index in [9.17, 15) is 4.79 Å². The molecule has 0 aliphatic carbocycles. The van der Waals surface area contributed by atoms with Crippen LogP contribution in [0, 0.1) is 0 Å². The third kappa shape index (κ3) is 1.64. The molecule has 4 nitrogen and oxygen atoms in total. The van der Waals surface area contributed by atoms with Gasteiger partial charge in [0.2, 0.25) is 5.91 Å². The van der Waals surface area contributed by atoms with Crippen LogP contribution in [-0.4, -0.2) is 36.7 Å². The summed E-state index contributed by atoms with van der Waals surface area (Å²) < 4.78 is 5.62. The number of nitrogens with one attached hydrogen (secondary N) is 2. The normalized spacial score (nSPS) is 36.9. The maximum absolute atomic E-state index is 11.8. The molecule has 2 rings (SSSR count). The van der Waals surface area contributed by atoms with Crippen molar-refractivity contribution in [3.63, 3.8) is 0 Å². The first-order valence-electron chi connectivity index (χ1n) is 5.21. The second-order valence-electron chi connectivity index (χ2n) is 4.80. The Balaban J connectivity index is 2.17. The Morgan fingerprint density at radius 2 is 2.14 bits per heavy atom. The van der Waals surface area contributed by atoms with Crippen molar-refractivity contribution in [1.82, 2.24) is 10.6 Å². The summed E-state index contributed by atoms with van der Waals surface area (Å²) in [4.78, 5) is 11.8. The smallest absolute Gasteiger partial charge is 0.240 e. The minimum Gasteiger partial charge on any atom is -0.375 e. The second-order valence-corrected chi connectivity index (χ2v) is 4.80. The summed E-state index contributed by atoms with van der Waals surface area (Å²) in [6, 6.07) is 0. The number of hydrogen-bond donors (Lipinski definition) is 2. The number of hydrogen-bond acceptors (Lipinski definition) is 3. The van der Waals surface area contributed by atoms with Crippen molar-refractivity contribution in [2.45, 2.75) is 37.8 Å². The number of rotatable bonds is 0. The lowest BCUT2D eigenvalue weighted by molar-refractivity contribution is -0.144. The number of piperazine rings is 1.